The molecule has 0 aromatic heterocycles. The van der Waals surface area contributed by atoms with E-state index < -0.39 is 5.97 Å². The quantitative estimate of drug-likeness (QED) is 0.866. The molecule has 2 bridgehead atoms. The maximum atomic E-state index is 12.9. The molecule has 1 amide bonds. The number of ether oxygens (including phenoxy) is 1. The lowest BCUT2D eigenvalue weighted by molar-refractivity contribution is -0.141. The van der Waals surface area contributed by atoms with E-state index in [1.165, 1.54) is 22.3 Å². The Balaban J connectivity index is 1.28. The molecule has 2 aromatic rings. The number of carboxylic acid groups (broad SMARTS) is 1. The number of amides is 1. The van der Waals surface area contributed by atoms with Crippen molar-refractivity contribution in [1.29, 1.82) is 0 Å². The molecule has 29 heavy (non-hydrogen) atoms. The third-order valence-corrected chi connectivity index (χ3v) is 6.55. The summed E-state index contributed by atoms with van der Waals surface area (Å²) in [5.41, 5.74) is 4.83. The number of fused-ring (bicyclic) bond motifs is 6. The Kier molecular flexibility index (Phi) is 4.51. The summed E-state index contributed by atoms with van der Waals surface area (Å²) >= 11 is 0. The lowest BCUT2D eigenvalue weighted by Crippen LogP contribution is -2.64. The highest BCUT2D eigenvalue weighted by atomic mass is 16.6. The summed E-state index contributed by atoms with van der Waals surface area (Å²) in [6, 6.07) is 16.7. The molecule has 1 aliphatic carbocycles. The predicted molar refractivity (Wildman–Crippen MR) is 108 cm³/mol. The Morgan fingerprint density at radius 1 is 0.931 bits per heavy atom. The van der Waals surface area contributed by atoms with Crippen LogP contribution in [-0.4, -0.2) is 65.3 Å². The monoisotopic (exact) mass is 392 g/mol. The lowest BCUT2D eigenvalue weighted by Gasteiger charge is -2.50. The highest BCUT2D eigenvalue weighted by Gasteiger charge is 2.42. The third-order valence-electron chi connectivity index (χ3n) is 6.55. The summed E-state index contributed by atoms with van der Waals surface area (Å²) < 4.78 is 5.80. The standard InChI is InChI=1S/C23H24N2O4/c26-22(27)13-24-11-16-10-9-15(24)12-25(16)23(28)29-14-21-19-7-3-1-5-17(19)18-6-2-4-8-20(18)21/h1-8,15-16,21H,9-14H2,(H,26,27). The number of benzene rings is 2. The van der Waals surface area contributed by atoms with Gasteiger partial charge in [-0.2, -0.15) is 0 Å². The van der Waals surface area contributed by atoms with Crippen LogP contribution >= 0.6 is 0 Å². The fourth-order valence-electron chi connectivity index (χ4n) is 5.18. The normalized spacial score (nSPS) is 23.0. The first kappa shape index (κ1) is 18.2. The molecule has 4 aliphatic rings. The minimum Gasteiger partial charge on any atom is -0.480 e. The van der Waals surface area contributed by atoms with Crippen molar-refractivity contribution in [2.24, 2.45) is 0 Å². The van der Waals surface area contributed by atoms with E-state index in [9.17, 15) is 9.59 Å². The number of carboxylic acids is 1. The van der Waals surface area contributed by atoms with Crippen LogP contribution < -0.4 is 0 Å². The second-order valence-corrected chi connectivity index (χ2v) is 8.16. The minimum atomic E-state index is -0.815. The van der Waals surface area contributed by atoms with Crippen molar-refractivity contribution in [1.82, 2.24) is 9.80 Å². The van der Waals surface area contributed by atoms with Crippen LogP contribution in [0, 0.1) is 0 Å². The summed E-state index contributed by atoms with van der Waals surface area (Å²) in [4.78, 5) is 27.7. The largest absolute Gasteiger partial charge is 0.480 e. The lowest BCUT2D eigenvalue weighted by atomic mass is 9.91. The summed E-state index contributed by atoms with van der Waals surface area (Å²) in [6.45, 7) is 1.52. The zero-order valence-corrected chi connectivity index (χ0v) is 16.2. The van der Waals surface area contributed by atoms with Crippen molar-refractivity contribution in [3.05, 3.63) is 59.7 Å². The topological polar surface area (TPSA) is 70.1 Å². The molecule has 1 N–H and O–H groups in total. The number of rotatable bonds is 4. The smallest absolute Gasteiger partial charge is 0.410 e. The number of aliphatic carboxylic acids is 1. The van der Waals surface area contributed by atoms with E-state index in [2.05, 4.69) is 24.3 Å². The first-order valence-corrected chi connectivity index (χ1v) is 10.2. The van der Waals surface area contributed by atoms with Crippen molar-refractivity contribution in [2.75, 3.05) is 26.2 Å². The molecular formula is C23H24N2O4. The third kappa shape index (κ3) is 3.17. The first-order chi connectivity index (χ1) is 14.1. The van der Waals surface area contributed by atoms with Crippen molar-refractivity contribution in [3.8, 4) is 11.1 Å². The maximum Gasteiger partial charge on any atom is 0.410 e. The highest BCUT2D eigenvalue weighted by molar-refractivity contribution is 5.79. The molecule has 3 fully saturated rings. The van der Waals surface area contributed by atoms with E-state index in [4.69, 9.17) is 9.84 Å². The molecule has 0 spiro atoms. The van der Waals surface area contributed by atoms with E-state index in [0.717, 1.165) is 12.8 Å². The second-order valence-electron chi connectivity index (χ2n) is 8.16. The van der Waals surface area contributed by atoms with Crippen LogP contribution in [-0.2, 0) is 9.53 Å². The van der Waals surface area contributed by atoms with Gasteiger partial charge in [0.25, 0.3) is 0 Å². The number of hydrogen-bond acceptors (Lipinski definition) is 4. The van der Waals surface area contributed by atoms with Gasteiger partial charge < -0.3 is 14.7 Å². The second kappa shape index (κ2) is 7.19. The van der Waals surface area contributed by atoms with E-state index in [0.29, 0.717) is 19.7 Å². The van der Waals surface area contributed by atoms with Crippen LogP contribution in [0.4, 0.5) is 4.79 Å². The Bertz CT molecular complexity index is 914. The molecule has 3 aliphatic heterocycles. The summed E-state index contributed by atoms with van der Waals surface area (Å²) in [6.07, 6.45) is 1.56. The van der Waals surface area contributed by atoms with Crippen LogP contribution in [0.25, 0.3) is 11.1 Å². The Labute approximate surface area is 169 Å². The van der Waals surface area contributed by atoms with Gasteiger partial charge in [0.2, 0.25) is 0 Å². The molecule has 6 rings (SSSR count). The van der Waals surface area contributed by atoms with Crippen LogP contribution in [0.15, 0.2) is 48.5 Å². The van der Waals surface area contributed by atoms with Crippen molar-refractivity contribution in [2.45, 2.75) is 30.8 Å². The van der Waals surface area contributed by atoms with Crippen molar-refractivity contribution < 1.29 is 19.4 Å². The molecule has 150 valence electrons. The maximum absolute atomic E-state index is 12.9. The first-order valence-electron chi connectivity index (χ1n) is 10.2. The highest BCUT2D eigenvalue weighted by Crippen LogP contribution is 2.44. The zero-order valence-electron chi connectivity index (χ0n) is 16.2. The van der Waals surface area contributed by atoms with Gasteiger partial charge in [-0.05, 0) is 35.1 Å². The van der Waals surface area contributed by atoms with Gasteiger partial charge in [0.15, 0.2) is 0 Å². The molecule has 0 radical (unpaired) electrons. The molecule has 2 atom stereocenters. The van der Waals surface area contributed by atoms with Crippen LogP contribution in [0.5, 0.6) is 0 Å². The van der Waals surface area contributed by atoms with Crippen molar-refractivity contribution >= 4 is 12.1 Å². The Hall–Kier alpha value is -2.86. The summed E-state index contributed by atoms with van der Waals surface area (Å²) in [5.74, 6) is -0.762. The van der Waals surface area contributed by atoms with Gasteiger partial charge in [-0.15, -0.1) is 0 Å². The van der Waals surface area contributed by atoms with Crippen LogP contribution in [0.2, 0.25) is 0 Å². The van der Waals surface area contributed by atoms with Gasteiger partial charge in [0, 0.05) is 31.1 Å². The van der Waals surface area contributed by atoms with Crippen molar-refractivity contribution in [3.63, 3.8) is 0 Å². The average Bonchev–Trinajstić information content (AvgIpc) is 3.06. The zero-order chi connectivity index (χ0) is 20.0. The van der Waals surface area contributed by atoms with Crippen LogP contribution in [0.3, 0.4) is 0 Å². The fraction of sp³-hybridized carbons (Fsp3) is 0.391. The van der Waals surface area contributed by atoms with Gasteiger partial charge >= 0.3 is 12.1 Å². The van der Waals surface area contributed by atoms with E-state index in [1.807, 2.05) is 29.2 Å². The number of carbonyl (C=O) groups is 2. The van der Waals surface area contributed by atoms with Gasteiger partial charge in [-0.1, -0.05) is 48.5 Å². The summed E-state index contributed by atoms with van der Waals surface area (Å²) in [5, 5.41) is 9.09. The predicted octanol–water partition coefficient (Wildman–Crippen LogP) is 3.17. The Morgan fingerprint density at radius 3 is 2.14 bits per heavy atom. The molecule has 2 unspecified atom stereocenters. The molecule has 3 saturated heterocycles. The molecule has 6 heteroatoms. The number of carbonyl (C=O) groups excluding carboxylic acids is 1. The number of hydrogen-bond donors (Lipinski definition) is 1. The van der Waals surface area contributed by atoms with E-state index >= 15 is 0 Å². The SMILES string of the molecule is O=C(O)CN1CC2CCC1CN2C(=O)OCC1c2ccccc2-c2ccccc21. The van der Waals surface area contributed by atoms with E-state index in [-0.39, 0.29) is 30.6 Å². The van der Waals surface area contributed by atoms with E-state index in [1.54, 1.807) is 4.90 Å². The molecule has 3 heterocycles. The van der Waals surface area contributed by atoms with Gasteiger partial charge in [0.05, 0.1) is 6.54 Å². The minimum absolute atomic E-state index is 0.0370. The number of piperazine rings is 1. The molecular weight excluding hydrogens is 368 g/mol. The average molecular weight is 392 g/mol. The molecule has 6 nitrogen and oxygen atoms in total. The fourth-order valence-corrected chi connectivity index (χ4v) is 5.18. The van der Waals surface area contributed by atoms with Gasteiger partial charge in [-0.25, -0.2) is 4.79 Å². The summed E-state index contributed by atoms with van der Waals surface area (Å²) in [7, 11) is 0. The molecule has 2 aromatic carbocycles. The Morgan fingerprint density at radius 2 is 1.55 bits per heavy atom. The van der Waals surface area contributed by atoms with Gasteiger partial charge in [-0.3, -0.25) is 9.69 Å². The van der Waals surface area contributed by atoms with Crippen LogP contribution in [0.1, 0.15) is 29.9 Å². The number of piperidine rings is 2. The molecule has 0 saturated carbocycles. The number of nitrogens with zero attached hydrogens (tertiary/aromatic N) is 2. The van der Waals surface area contributed by atoms with Gasteiger partial charge in [0.1, 0.15) is 6.61 Å².